The maximum atomic E-state index is 12.6. The van der Waals surface area contributed by atoms with Crippen molar-refractivity contribution in [2.75, 3.05) is 11.1 Å². The number of carbonyl (C=O) groups is 2. The van der Waals surface area contributed by atoms with E-state index in [1.807, 2.05) is 32.0 Å². The van der Waals surface area contributed by atoms with E-state index in [1.54, 1.807) is 30.7 Å². The van der Waals surface area contributed by atoms with Gasteiger partial charge in [0.25, 0.3) is 5.91 Å². The topological polar surface area (TPSA) is 88.9 Å². The van der Waals surface area contributed by atoms with E-state index in [0.29, 0.717) is 21.6 Å². The van der Waals surface area contributed by atoms with Crippen molar-refractivity contribution in [2.45, 2.75) is 32.0 Å². The predicted octanol–water partition coefficient (Wildman–Crippen LogP) is 4.96. The molecule has 0 saturated heterocycles. The molecule has 2 N–H and O–H groups in total. The molecule has 168 valence electrons. The molecule has 0 aliphatic heterocycles. The van der Waals surface area contributed by atoms with E-state index in [9.17, 15) is 9.59 Å². The van der Waals surface area contributed by atoms with Crippen molar-refractivity contribution in [3.8, 4) is 0 Å². The van der Waals surface area contributed by atoms with E-state index in [4.69, 9.17) is 23.2 Å². The maximum Gasteiger partial charge on any atom is 0.253 e. The Morgan fingerprint density at radius 3 is 2.47 bits per heavy atom. The SMILES string of the molecule is Cc1cccc(C)c1NC(=O)CSc1nnc([C@@H](C)NC(=O)c2ccc(Cl)cc2Cl)n1C. The number of nitrogens with zero attached hydrogens (tertiary/aromatic N) is 3. The first kappa shape index (κ1) is 24.1. The normalized spacial score (nSPS) is 11.8. The number of aryl methyl sites for hydroxylation is 2. The molecule has 3 rings (SSSR count). The number of carbonyl (C=O) groups excluding carboxylic acids is 2. The summed E-state index contributed by atoms with van der Waals surface area (Å²) in [6, 6.07) is 10.1. The number of hydrogen-bond donors (Lipinski definition) is 2. The number of thioether (sulfide) groups is 1. The monoisotopic (exact) mass is 491 g/mol. The average Bonchev–Trinajstić information content (AvgIpc) is 3.09. The van der Waals surface area contributed by atoms with Crippen LogP contribution in [0.2, 0.25) is 10.0 Å². The standard InChI is InChI=1S/C22H23Cl2N5O2S/c1-12-6-5-7-13(2)19(12)26-18(30)11-32-22-28-27-20(29(22)4)14(3)25-21(31)16-9-8-15(23)10-17(16)24/h5-10,14H,11H2,1-4H3,(H,25,31)(H,26,30)/t14-/m1/s1. The van der Waals surface area contributed by atoms with Crippen LogP contribution in [0, 0.1) is 13.8 Å². The summed E-state index contributed by atoms with van der Waals surface area (Å²) in [5.41, 5.74) is 3.17. The Kier molecular flexibility index (Phi) is 7.82. The molecule has 2 amide bonds. The molecule has 0 aliphatic rings. The maximum absolute atomic E-state index is 12.6. The number of rotatable bonds is 7. The second-order valence-corrected chi connectivity index (χ2v) is 9.11. The Morgan fingerprint density at radius 1 is 1.12 bits per heavy atom. The molecule has 1 atom stereocenters. The summed E-state index contributed by atoms with van der Waals surface area (Å²) in [5.74, 6) is 0.266. The quantitative estimate of drug-likeness (QED) is 0.455. The number of para-hydroxylation sites is 1. The number of aromatic nitrogens is 3. The van der Waals surface area contributed by atoms with Crippen molar-refractivity contribution in [3.05, 3.63) is 69.0 Å². The van der Waals surface area contributed by atoms with Crippen molar-refractivity contribution < 1.29 is 9.59 Å². The molecule has 10 heteroatoms. The van der Waals surface area contributed by atoms with Gasteiger partial charge < -0.3 is 15.2 Å². The largest absolute Gasteiger partial charge is 0.342 e. The minimum atomic E-state index is -0.426. The second-order valence-electron chi connectivity index (χ2n) is 7.32. The molecule has 2 aromatic carbocycles. The highest BCUT2D eigenvalue weighted by Gasteiger charge is 2.20. The third-order valence-corrected chi connectivity index (χ3v) is 6.43. The van der Waals surface area contributed by atoms with Crippen LogP contribution in [-0.2, 0) is 11.8 Å². The summed E-state index contributed by atoms with van der Waals surface area (Å²) in [6.45, 7) is 5.71. The zero-order valence-electron chi connectivity index (χ0n) is 18.1. The van der Waals surface area contributed by atoms with Crippen LogP contribution < -0.4 is 10.6 Å². The number of anilines is 1. The van der Waals surface area contributed by atoms with Gasteiger partial charge in [-0.05, 0) is 50.1 Å². The van der Waals surface area contributed by atoms with E-state index in [1.165, 1.54) is 17.8 Å². The molecule has 1 aromatic heterocycles. The third-order valence-electron chi connectivity index (χ3n) is 4.86. The molecular formula is C22H23Cl2N5O2S. The zero-order chi connectivity index (χ0) is 23.4. The summed E-state index contributed by atoms with van der Waals surface area (Å²) >= 11 is 13.3. The minimum Gasteiger partial charge on any atom is -0.342 e. The highest BCUT2D eigenvalue weighted by molar-refractivity contribution is 7.99. The van der Waals surface area contributed by atoms with Crippen molar-refractivity contribution in [2.24, 2.45) is 7.05 Å². The molecule has 32 heavy (non-hydrogen) atoms. The fourth-order valence-corrected chi connectivity index (χ4v) is 4.37. The molecule has 0 bridgehead atoms. The lowest BCUT2D eigenvalue weighted by atomic mass is 10.1. The highest BCUT2D eigenvalue weighted by atomic mass is 35.5. The zero-order valence-corrected chi connectivity index (χ0v) is 20.4. The molecule has 0 spiro atoms. The van der Waals surface area contributed by atoms with Gasteiger partial charge >= 0.3 is 0 Å². The molecule has 0 aliphatic carbocycles. The van der Waals surface area contributed by atoms with Crippen LogP contribution in [-0.4, -0.2) is 32.3 Å². The van der Waals surface area contributed by atoms with Crippen LogP contribution >= 0.6 is 35.0 Å². The number of hydrogen-bond acceptors (Lipinski definition) is 5. The number of nitrogens with one attached hydrogen (secondary N) is 2. The molecular weight excluding hydrogens is 469 g/mol. The van der Waals surface area contributed by atoms with Crippen LogP contribution in [0.5, 0.6) is 0 Å². The number of amides is 2. The van der Waals surface area contributed by atoms with Crippen LogP contribution in [0.1, 0.15) is 40.3 Å². The Balaban J connectivity index is 1.62. The first-order valence-corrected chi connectivity index (χ1v) is 11.6. The Labute approximate surface area is 200 Å². The molecule has 0 unspecified atom stereocenters. The number of halogens is 2. The summed E-state index contributed by atoms with van der Waals surface area (Å²) < 4.78 is 1.76. The lowest BCUT2D eigenvalue weighted by Gasteiger charge is -2.14. The Morgan fingerprint density at radius 2 is 1.81 bits per heavy atom. The van der Waals surface area contributed by atoms with E-state index in [2.05, 4.69) is 20.8 Å². The van der Waals surface area contributed by atoms with Gasteiger partial charge in [-0.1, -0.05) is 53.2 Å². The van der Waals surface area contributed by atoms with Crippen molar-refractivity contribution in [1.29, 1.82) is 0 Å². The molecule has 0 fully saturated rings. The van der Waals surface area contributed by atoms with Gasteiger partial charge in [-0.2, -0.15) is 0 Å². The molecule has 3 aromatic rings. The van der Waals surface area contributed by atoms with Crippen LogP contribution in [0.15, 0.2) is 41.6 Å². The third kappa shape index (κ3) is 5.62. The van der Waals surface area contributed by atoms with Crippen LogP contribution in [0.25, 0.3) is 0 Å². The summed E-state index contributed by atoms with van der Waals surface area (Å²) in [5, 5.41) is 15.5. The van der Waals surface area contributed by atoms with Crippen molar-refractivity contribution in [3.63, 3.8) is 0 Å². The van der Waals surface area contributed by atoms with Gasteiger partial charge in [-0.25, -0.2) is 0 Å². The lowest BCUT2D eigenvalue weighted by molar-refractivity contribution is -0.113. The molecule has 0 radical (unpaired) electrons. The second kappa shape index (κ2) is 10.4. The van der Waals surface area contributed by atoms with Gasteiger partial charge in [-0.3, -0.25) is 9.59 Å². The molecule has 7 nitrogen and oxygen atoms in total. The van der Waals surface area contributed by atoms with Gasteiger partial charge in [-0.15, -0.1) is 10.2 Å². The van der Waals surface area contributed by atoms with E-state index in [0.717, 1.165) is 16.8 Å². The Bertz CT molecular complexity index is 1140. The summed E-state index contributed by atoms with van der Waals surface area (Å²) in [6.07, 6.45) is 0. The highest BCUT2D eigenvalue weighted by Crippen LogP contribution is 2.24. The molecule has 0 saturated carbocycles. The van der Waals surface area contributed by atoms with E-state index in [-0.39, 0.29) is 22.6 Å². The minimum absolute atomic E-state index is 0.129. The number of benzene rings is 2. The van der Waals surface area contributed by atoms with E-state index < -0.39 is 6.04 Å². The van der Waals surface area contributed by atoms with E-state index >= 15 is 0 Å². The summed E-state index contributed by atoms with van der Waals surface area (Å²) in [7, 11) is 1.79. The Hall–Kier alpha value is -2.55. The first-order valence-electron chi connectivity index (χ1n) is 9.81. The van der Waals surface area contributed by atoms with Gasteiger partial charge in [0.2, 0.25) is 5.91 Å². The van der Waals surface area contributed by atoms with Gasteiger partial charge in [0.1, 0.15) is 0 Å². The van der Waals surface area contributed by atoms with Gasteiger partial charge in [0, 0.05) is 17.8 Å². The van der Waals surface area contributed by atoms with Crippen molar-refractivity contribution in [1.82, 2.24) is 20.1 Å². The van der Waals surface area contributed by atoms with Crippen LogP contribution in [0.3, 0.4) is 0 Å². The predicted molar refractivity (Wildman–Crippen MR) is 129 cm³/mol. The summed E-state index contributed by atoms with van der Waals surface area (Å²) in [4.78, 5) is 25.0. The fraction of sp³-hybridized carbons (Fsp3) is 0.273. The lowest BCUT2D eigenvalue weighted by Crippen LogP contribution is -2.28. The van der Waals surface area contributed by atoms with Gasteiger partial charge in [0.05, 0.1) is 22.4 Å². The molecule has 1 heterocycles. The smallest absolute Gasteiger partial charge is 0.253 e. The first-order chi connectivity index (χ1) is 15.2. The van der Waals surface area contributed by atoms with Gasteiger partial charge in [0.15, 0.2) is 11.0 Å². The van der Waals surface area contributed by atoms with Crippen LogP contribution in [0.4, 0.5) is 5.69 Å². The average molecular weight is 492 g/mol. The van der Waals surface area contributed by atoms with Crippen molar-refractivity contribution >= 4 is 52.5 Å². The fourth-order valence-electron chi connectivity index (χ4n) is 3.16.